The van der Waals surface area contributed by atoms with Crippen LogP contribution in [0.15, 0.2) is 29.2 Å². The lowest BCUT2D eigenvalue weighted by atomic mass is 10.1. The van der Waals surface area contributed by atoms with Gasteiger partial charge in [-0.15, -0.1) is 0 Å². The third kappa shape index (κ3) is 3.54. The van der Waals surface area contributed by atoms with Gasteiger partial charge in [0.25, 0.3) is 0 Å². The summed E-state index contributed by atoms with van der Waals surface area (Å²) in [5.41, 5.74) is 3.98. The molecule has 7 nitrogen and oxygen atoms in total. The summed E-state index contributed by atoms with van der Waals surface area (Å²) in [5, 5.41) is 4.71. The van der Waals surface area contributed by atoms with Gasteiger partial charge >= 0.3 is 0 Å². The number of morpholine rings is 1. The Balaban J connectivity index is 1.61. The lowest BCUT2D eigenvalue weighted by molar-refractivity contribution is 0.0334. The molecular weight excluding hydrogens is 364 g/mol. The Morgan fingerprint density at radius 3 is 2.63 bits per heavy atom. The SMILES string of the molecule is Cc1ccccc1S(=O)(=O)N1CCc2c(c(CN3CCOCC3)nn2C)C1. The first-order valence-corrected chi connectivity index (χ1v) is 10.8. The summed E-state index contributed by atoms with van der Waals surface area (Å²) >= 11 is 0. The molecule has 0 bridgehead atoms. The predicted molar refractivity (Wildman–Crippen MR) is 102 cm³/mol. The minimum absolute atomic E-state index is 0.388. The number of benzene rings is 1. The average molecular weight is 391 g/mol. The van der Waals surface area contributed by atoms with Gasteiger partial charge in [-0.25, -0.2) is 8.42 Å². The maximum atomic E-state index is 13.2. The summed E-state index contributed by atoms with van der Waals surface area (Å²) in [4.78, 5) is 2.72. The van der Waals surface area contributed by atoms with Crippen molar-refractivity contribution >= 4 is 10.0 Å². The molecule has 2 aliphatic heterocycles. The molecule has 0 spiro atoms. The molecule has 1 aromatic heterocycles. The van der Waals surface area contributed by atoms with E-state index in [1.165, 1.54) is 0 Å². The van der Waals surface area contributed by atoms with E-state index in [-0.39, 0.29) is 0 Å². The van der Waals surface area contributed by atoms with E-state index in [1.807, 2.05) is 30.8 Å². The Morgan fingerprint density at radius 2 is 1.89 bits per heavy atom. The molecule has 2 aromatic rings. The number of nitrogens with zero attached hydrogens (tertiary/aromatic N) is 4. The molecule has 0 radical (unpaired) electrons. The van der Waals surface area contributed by atoms with Crippen LogP contribution in [0.25, 0.3) is 0 Å². The highest BCUT2D eigenvalue weighted by Gasteiger charge is 2.33. The maximum absolute atomic E-state index is 13.2. The van der Waals surface area contributed by atoms with Crippen LogP contribution in [0, 0.1) is 6.92 Å². The molecule has 8 heteroatoms. The number of hydrogen-bond donors (Lipinski definition) is 0. The first kappa shape index (κ1) is 18.6. The normalized spacial score (nSPS) is 19.2. The van der Waals surface area contributed by atoms with Gasteiger partial charge < -0.3 is 4.74 Å². The fraction of sp³-hybridized carbons (Fsp3) is 0.526. The van der Waals surface area contributed by atoms with E-state index in [2.05, 4.69) is 4.90 Å². The number of aryl methyl sites for hydroxylation is 2. The molecule has 0 aliphatic carbocycles. The van der Waals surface area contributed by atoms with Crippen molar-refractivity contribution in [3.8, 4) is 0 Å². The molecule has 0 atom stereocenters. The smallest absolute Gasteiger partial charge is 0.243 e. The Bertz CT molecular complexity index is 932. The van der Waals surface area contributed by atoms with Crippen LogP contribution in [-0.2, 0) is 41.3 Å². The molecule has 0 unspecified atom stereocenters. The molecule has 0 amide bonds. The second-order valence-electron chi connectivity index (χ2n) is 7.24. The Hall–Kier alpha value is -1.74. The molecule has 1 aromatic carbocycles. The monoisotopic (exact) mass is 390 g/mol. The molecule has 1 fully saturated rings. The van der Waals surface area contributed by atoms with Gasteiger partial charge in [0.2, 0.25) is 10.0 Å². The number of ether oxygens (including phenoxy) is 1. The van der Waals surface area contributed by atoms with Gasteiger partial charge in [-0.2, -0.15) is 9.40 Å². The van der Waals surface area contributed by atoms with Crippen molar-refractivity contribution in [3.05, 3.63) is 46.8 Å². The number of rotatable bonds is 4. The highest BCUT2D eigenvalue weighted by molar-refractivity contribution is 7.89. The summed E-state index contributed by atoms with van der Waals surface area (Å²) in [5.74, 6) is 0. The summed E-state index contributed by atoms with van der Waals surface area (Å²) in [6.07, 6.45) is 0.688. The first-order valence-electron chi connectivity index (χ1n) is 9.36. The largest absolute Gasteiger partial charge is 0.379 e. The second kappa shape index (κ2) is 7.35. The van der Waals surface area contributed by atoms with Crippen molar-refractivity contribution in [1.82, 2.24) is 19.0 Å². The molecule has 0 N–H and O–H groups in total. The molecule has 27 heavy (non-hydrogen) atoms. The van der Waals surface area contributed by atoms with Crippen LogP contribution in [0.5, 0.6) is 0 Å². The Morgan fingerprint density at radius 1 is 1.15 bits per heavy atom. The van der Waals surface area contributed by atoms with Crippen LogP contribution in [0.2, 0.25) is 0 Å². The van der Waals surface area contributed by atoms with Crippen molar-refractivity contribution in [3.63, 3.8) is 0 Å². The fourth-order valence-electron chi connectivity index (χ4n) is 3.93. The number of sulfonamides is 1. The maximum Gasteiger partial charge on any atom is 0.243 e. The van der Waals surface area contributed by atoms with E-state index in [9.17, 15) is 8.42 Å². The van der Waals surface area contributed by atoms with E-state index < -0.39 is 10.0 Å². The summed E-state index contributed by atoms with van der Waals surface area (Å²) in [7, 11) is -1.56. The molecule has 2 aliphatic rings. The molecule has 4 rings (SSSR count). The van der Waals surface area contributed by atoms with Crippen molar-refractivity contribution in [1.29, 1.82) is 0 Å². The average Bonchev–Trinajstić information content (AvgIpc) is 2.98. The summed E-state index contributed by atoms with van der Waals surface area (Å²) in [6.45, 7) is 6.71. The second-order valence-corrected chi connectivity index (χ2v) is 9.14. The quantitative estimate of drug-likeness (QED) is 0.787. The van der Waals surface area contributed by atoms with Crippen LogP contribution in [-0.4, -0.2) is 60.3 Å². The zero-order valence-corrected chi connectivity index (χ0v) is 16.7. The van der Waals surface area contributed by atoms with Gasteiger partial charge in [-0.05, 0) is 18.6 Å². The molecular formula is C19H26N4O3S. The number of fused-ring (bicyclic) bond motifs is 1. The van der Waals surface area contributed by atoms with Crippen LogP contribution in [0.1, 0.15) is 22.5 Å². The minimum atomic E-state index is -3.51. The summed E-state index contributed by atoms with van der Waals surface area (Å²) < 4.78 is 35.3. The lowest BCUT2D eigenvalue weighted by Crippen LogP contribution is -2.38. The van der Waals surface area contributed by atoms with Crippen LogP contribution in [0.3, 0.4) is 0 Å². The number of hydrogen-bond acceptors (Lipinski definition) is 5. The topological polar surface area (TPSA) is 67.7 Å². The highest BCUT2D eigenvalue weighted by Crippen LogP contribution is 2.28. The molecule has 3 heterocycles. The number of aromatic nitrogens is 2. The van der Waals surface area contributed by atoms with E-state index in [0.29, 0.717) is 24.4 Å². The molecule has 1 saturated heterocycles. The first-order chi connectivity index (χ1) is 13.0. The van der Waals surface area contributed by atoms with Crippen molar-refractivity contribution in [2.24, 2.45) is 7.05 Å². The zero-order chi connectivity index (χ0) is 19.0. The third-order valence-electron chi connectivity index (χ3n) is 5.48. The van der Waals surface area contributed by atoms with Crippen molar-refractivity contribution in [2.45, 2.75) is 31.3 Å². The minimum Gasteiger partial charge on any atom is -0.379 e. The van der Waals surface area contributed by atoms with E-state index in [0.717, 1.165) is 55.4 Å². The lowest BCUT2D eigenvalue weighted by Gasteiger charge is -2.29. The van der Waals surface area contributed by atoms with Gasteiger partial charge in [0.1, 0.15) is 0 Å². The van der Waals surface area contributed by atoms with Gasteiger partial charge in [0.15, 0.2) is 0 Å². The molecule has 0 saturated carbocycles. The molecule has 146 valence electrons. The predicted octanol–water partition coefficient (Wildman–Crippen LogP) is 1.31. The van der Waals surface area contributed by atoms with Gasteiger partial charge in [0.05, 0.1) is 23.8 Å². The van der Waals surface area contributed by atoms with Gasteiger partial charge in [0, 0.05) is 57.4 Å². The standard InChI is InChI=1S/C19H26N4O3S/c1-15-5-3-4-6-19(15)27(24,25)23-8-7-18-16(13-23)17(20-21(18)2)14-22-9-11-26-12-10-22/h3-6H,7-14H2,1-2H3. The van der Waals surface area contributed by atoms with Gasteiger partial charge in [-0.3, -0.25) is 9.58 Å². The third-order valence-corrected chi connectivity index (χ3v) is 7.48. The van der Waals surface area contributed by atoms with Crippen LogP contribution in [0.4, 0.5) is 0 Å². The van der Waals surface area contributed by atoms with E-state index in [4.69, 9.17) is 9.84 Å². The van der Waals surface area contributed by atoms with Crippen molar-refractivity contribution in [2.75, 3.05) is 32.8 Å². The van der Waals surface area contributed by atoms with Crippen LogP contribution < -0.4 is 0 Å². The Labute approximate surface area is 160 Å². The fourth-order valence-corrected chi connectivity index (χ4v) is 5.57. The van der Waals surface area contributed by atoms with E-state index >= 15 is 0 Å². The van der Waals surface area contributed by atoms with Crippen LogP contribution >= 0.6 is 0 Å². The van der Waals surface area contributed by atoms with Crippen molar-refractivity contribution < 1.29 is 13.2 Å². The van der Waals surface area contributed by atoms with Gasteiger partial charge in [-0.1, -0.05) is 18.2 Å². The van der Waals surface area contributed by atoms with E-state index in [1.54, 1.807) is 16.4 Å². The summed E-state index contributed by atoms with van der Waals surface area (Å²) in [6, 6.07) is 7.18. The Kier molecular flexibility index (Phi) is 5.07. The zero-order valence-electron chi connectivity index (χ0n) is 15.9. The highest BCUT2D eigenvalue weighted by atomic mass is 32.2.